The standard InChI is InChI=1S/C12H22N2O3/c1-3-8(2)10(12(16)17)14-11(15)9-5-4-6-13-7-9/h8-10,13H,3-7H2,1-2H3,(H,14,15)(H,16,17)/t8-,9+,10-/m0/s1. The zero-order valence-electron chi connectivity index (χ0n) is 10.5. The molecule has 17 heavy (non-hydrogen) atoms. The van der Waals surface area contributed by atoms with Crippen LogP contribution in [0.1, 0.15) is 33.1 Å². The Morgan fingerprint density at radius 2 is 2.24 bits per heavy atom. The van der Waals surface area contributed by atoms with Crippen LogP contribution < -0.4 is 10.6 Å². The van der Waals surface area contributed by atoms with Gasteiger partial charge < -0.3 is 15.7 Å². The third-order valence-electron chi connectivity index (χ3n) is 3.44. The molecule has 3 N–H and O–H groups in total. The number of aliphatic carboxylic acids is 1. The largest absolute Gasteiger partial charge is 0.480 e. The van der Waals surface area contributed by atoms with Gasteiger partial charge in [0.2, 0.25) is 5.91 Å². The lowest BCUT2D eigenvalue weighted by atomic mass is 9.95. The maximum absolute atomic E-state index is 11.9. The summed E-state index contributed by atoms with van der Waals surface area (Å²) in [4.78, 5) is 23.0. The van der Waals surface area contributed by atoms with E-state index in [4.69, 9.17) is 5.11 Å². The smallest absolute Gasteiger partial charge is 0.326 e. The summed E-state index contributed by atoms with van der Waals surface area (Å²) in [6, 6.07) is -0.769. The van der Waals surface area contributed by atoms with Crippen LogP contribution in [0.3, 0.4) is 0 Å². The third-order valence-corrected chi connectivity index (χ3v) is 3.44. The van der Waals surface area contributed by atoms with Crippen LogP contribution in [0.25, 0.3) is 0 Å². The van der Waals surface area contributed by atoms with E-state index in [0.717, 1.165) is 25.8 Å². The second kappa shape index (κ2) is 6.59. The normalized spacial score (nSPS) is 23.8. The first-order chi connectivity index (χ1) is 8.06. The number of hydrogen-bond acceptors (Lipinski definition) is 3. The minimum absolute atomic E-state index is 0.0481. The Bertz CT molecular complexity index is 275. The van der Waals surface area contributed by atoms with Gasteiger partial charge in [0, 0.05) is 6.54 Å². The molecule has 0 unspecified atom stereocenters. The topological polar surface area (TPSA) is 78.4 Å². The molecule has 1 amide bonds. The molecule has 1 fully saturated rings. The molecule has 5 nitrogen and oxygen atoms in total. The van der Waals surface area contributed by atoms with Crippen molar-refractivity contribution >= 4 is 11.9 Å². The fourth-order valence-corrected chi connectivity index (χ4v) is 2.03. The monoisotopic (exact) mass is 242 g/mol. The van der Waals surface area contributed by atoms with Crippen molar-refractivity contribution in [3.05, 3.63) is 0 Å². The number of carboxylic acid groups (broad SMARTS) is 1. The molecule has 0 aromatic heterocycles. The van der Waals surface area contributed by atoms with E-state index in [0.29, 0.717) is 6.54 Å². The maximum atomic E-state index is 11.9. The fourth-order valence-electron chi connectivity index (χ4n) is 2.03. The Labute approximate surface area is 102 Å². The second-order valence-electron chi connectivity index (χ2n) is 4.75. The van der Waals surface area contributed by atoms with Crippen molar-refractivity contribution in [2.24, 2.45) is 11.8 Å². The zero-order chi connectivity index (χ0) is 12.8. The second-order valence-corrected chi connectivity index (χ2v) is 4.75. The van der Waals surface area contributed by atoms with Gasteiger partial charge in [-0.05, 0) is 25.3 Å². The summed E-state index contributed by atoms with van der Waals surface area (Å²) in [5.74, 6) is -1.22. The molecule has 0 bridgehead atoms. The zero-order valence-corrected chi connectivity index (χ0v) is 10.5. The first-order valence-corrected chi connectivity index (χ1v) is 6.30. The van der Waals surface area contributed by atoms with E-state index >= 15 is 0 Å². The van der Waals surface area contributed by atoms with Crippen LogP contribution in [0.4, 0.5) is 0 Å². The van der Waals surface area contributed by atoms with Gasteiger partial charge in [0.25, 0.3) is 0 Å². The van der Waals surface area contributed by atoms with Crippen LogP contribution in [0, 0.1) is 11.8 Å². The Hall–Kier alpha value is -1.10. The minimum atomic E-state index is -0.948. The molecule has 1 saturated heterocycles. The molecule has 1 heterocycles. The number of piperidine rings is 1. The molecular formula is C12H22N2O3. The predicted molar refractivity (Wildman–Crippen MR) is 64.6 cm³/mol. The van der Waals surface area contributed by atoms with Crippen molar-refractivity contribution in [1.29, 1.82) is 0 Å². The van der Waals surface area contributed by atoms with Crippen LogP contribution >= 0.6 is 0 Å². The number of carboxylic acids is 1. The third kappa shape index (κ3) is 4.00. The highest BCUT2D eigenvalue weighted by atomic mass is 16.4. The summed E-state index contributed by atoms with van der Waals surface area (Å²) < 4.78 is 0. The van der Waals surface area contributed by atoms with E-state index in [-0.39, 0.29) is 17.7 Å². The molecular weight excluding hydrogens is 220 g/mol. The van der Waals surface area contributed by atoms with Crippen LogP contribution in [-0.4, -0.2) is 36.1 Å². The lowest BCUT2D eigenvalue weighted by Crippen LogP contribution is -2.49. The lowest BCUT2D eigenvalue weighted by Gasteiger charge is -2.26. The average molecular weight is 242 g/mol. The van der Waals surface area contributed by atoms with Crippen molar-refractivity contribution in [2.75, 3.05) is 13.1 Å². The number of amides is 1. The van der Waals surface area contributed by atoms with Crippen molar-refractivity contribution in [2.45, 2.75) is 39.2 Å². The molecule has 0 aromatic rings. The number of nitrogens with one attached hydrogen (secondary N) is 2. The molecule has 0 spiro atoms. The van der Waals surface area contributed by atoms with Gasteiger partial charge >= 0.3 is 5.97 Å². The van der Waals surface area contributed by atoms with E-state index < -0.39 is 12.0 Å². The highest BCUT2D eigenvalue weighted by molar-refractivity contribution is 5.85. The molecule has 0 aromatic carbocycles. The highest BCUT2D eigenvalue weighted by Crippen LogP contribution is 2.13. The summed E-state index contributed by atoms with van der Waals surface area (Å²) >= 11 is 0. The lowest BCUT2D eigenvalue weighted by molar-refractivity contribution is -0.144. The average Bonchev–Trinajstić information content (AvgIpc) is 2.35. The summed E-state index contributed by atoms with van der Waals surface area (Å²) in [5, 5.41) is 14.9. The first-order valence-electron chi connectivity index (χ1n) is 6.30. The Morgan fingerprint density at radius 3 is 2.71 bits per heavy atom. The fraction of sp³-hybridized carbons (Fsp3) is 0.833. The number of carbonyl (C=O) groups is 2. The van der Waals surface area contributed by atoms with Gasteiger partial charge in [0.05, 0.1) is 5.92 Å². The molecule has 98 valence electrons. The van der Waals surface area contributed by atoms with Crippen molar-refractivity contribution in [3.63, 3.8) is 0 Å². The molecule has 0 saturated carbocycles. The van der Waals surface area contributed by atoms with E-state index in [9.17, 15) is 9.59 Å². The quantitative estimate of drug-likeness (QED) is 0.659. The first kappa shape index (κ1) is 14.0. The van der Waals surface area contributed by atoms with Gasteiger partial charge in [-0.25, -0.2) is 4.79 Å². The van der Waals surface area contributed by atoms with Gasteiger partial charge in [0.1, 0.15) is 6.04 Å². The van der Waals surface area contributed by atoms with Gasteiger partial charge in [-0.2, -0.15) is 0 Å². The van der Waals surface area contributed by atoms with Crippen LogP contribution in [0.5, 0.6) is 0 Å². The molecule has 3 atom stereocenters. The van der Waals surface area contributed by atoms with Gasteiger partial charge in [-0.1, -0.05) is 20.3 Å². The molecule has 1 aliphatic heterocycles. The molecule has 1 aliphatic rings. The Morgan fingerprint density at radius 1 is 1.53 bits per heavy atom. The van der Waals surface area contributed by atoms with E-state index in [2.05, 4.69) is 10.6 Å². The van der Waals surface area contributed by atoms with Gasteiger partial charge in [-0.3, -0.25) is 4.79 Å². The number of hydrogen-bond donors (Lipinski definition) is 3. The Kier molecular flexibility index (Phi) is 5.41. The molecule has 0 aliphatic carbocycles. The van der Waals surface area contributed by atoms with E-state index in [1.807, 2.05) is 13.8 Å². The van der Waals surface area contributed by atoms with Gasteiger partial charge in [-0.15, -0.1) is 0 Å². The number of rotatable bonds is 5. The summed E-state index contributed by atoms with van der Waals surface area (Å²) in [5.41, 5.74) is 0. The van der Waals surface area contributed by atoms with Crippen molar-refractivity contribution < 1.29 is 14.7 Å². The SMILES string of the molecule is CC[C@H](C)[C@H](NC(=O)[C@@H]1CCCNC1)C(=O)O. The molecule has 1 rings (SSSR count). The summed E-state index contributed by atoms with van der Waals surface area (Å²) in [6.45, 7) is 5.36. The Balaban J connectivity index is 2.53. The minimum Gasteiger partial charge on any atom is -0.480 e. The predicted octanol–water partition coefficient (Wildman–Crippen LogP) is 0.602. The maximum Gasteiger partial charge on any atom is 0.326 e. The van der Waals surface area contributed by atoms with Crippen molar-refractivity contribution in [3.8, 4) is 0 Å². The van der Waals surface area contributed by atoms with Gasteiger partial charge in [0.15, 0.2) is 0 Å². The van der Waals surface area contributed by atoms with Crippen LogP contribution in [0.15, 0.2) is 0 Å². The molecule has 5 heteroatoms. The van der Waals surface area contributed by atoms with E-state index in [1.54, 1.807) is 0 Å². The molecule has 0 radical (unpaired) electrons. The van der Waals surface area contributed by atoms with E-state index in [1.165, 1.54) is 0 Å². The highest BCUT2D eigenvalue weighted by Gasteiger charge is 2.29. The summed E-state index contributed by atoms with van der Waals surface area (Å²) in [6.07, 6.45) is 2.55. The van der Waals surface area contributed by atoms with Crippen LogP contribution in [-0.2, 0) is 9.59 Å². The van der Waals surface area contributed by atoms with Crippen LogP contribution in [0.2, 0.25) is 0 Å². The number of carbonyl (C=O) groups excluding carboxylic acids is 1. The van der Waals surface area contributed by atoms with Crippen molar-refractivity contribution in [1.82, 2.24) is 10.6 Å². The summed E-state index contributed by atoms with van der Waals surface area (Å²) in [7, 11) is 0.